The third kappa shape index (κ3) is 3.19. The van der Waals surface area contributed by atoms with Gasteiger partial charge in [0.25, 0.3) is 0 Å². The fraction of sp³-hybridized carbons (Fsp3) is 0.250. The van der Waals surface area contributed by atoms with E-state index in [1.807, 2.05) is 35.0 Å². The molecule has 0 fully saturated rings. The maximum Gasteiger partial charge on any atom is 0.122 e. The highest BCUT2D eigenvalue weighted by Crippen LogP contribution is 2.12. The molecule has 0 spiro atoms. The molecule has 0 aliphatic rings. The summed E-state index contributed by atoms with van der Waals surface area (Å²) >= 11 is 11.2. The zero-order valence-corrected chi connectivity index (χ0v) is 11.0. The molecule has 0 radical (unpaired) electrons. The SMILES string of the molecule is COCc1cc(=S)n(Cc2cccc(Cl)c2)[nH]1. The first kappa shape index (κ1) is 12.4. The number of nitrogens with zero attached hydrogens (tertiary/aromatic N) is 1. The molecule has 1 N–H and O–H groups in total. The monoisotopic (exact) mass is 268 g/mol. The van der Waals surface area contributed by atoms with E-state index in [0.717, 1.165) is 20.9 Å². The Bertz CT molecular complexity index is 562. The number of aromatic amines is 1. The lowest BCUT2D eigenvalue weighted by atomic mass is 10.2. The molecule has 1 heterocycles. The summed E-state index contributed by atoms with van der Waals surface area (Å²) in [7, 11) is 1.66. The van der Waals surface area contributed by atoms with E-state index in [9.17, 15) is 0 Å². The lowest BCUT2D eigenvalue weighted by Crippen LogP contribution is -2.02. The van der Waals surface area contributed by atoms with Gasteiger partial charge in [-0.15, -0.1) is 0 Å². The molecule has 0 unspecified atom stereocenters. The molecule has 0 saturated heterocycles. The summed E-state index contributed by atoms with van der Waals surface area (Å²) in [6.45, 7) is 1.22. The number of halogens is 1. The minimum Gasteiger partial charge on any atom is -0.378 e. The molecule has 0 saturated carbocycles. The van der Waals surface area contributed by atoms with E-state index in [0.29, 0.717) is 13.2 Å². The Balaban J connectivity index is 2.21. The lowest BCUT2D eigenvalue weighted by molar-refractivity contribution is 0.181. The van der Waals surface area contributed by atoms with Gasteiger partial charge >= 0.3 is 0 Å². The predicted molar refractivity (Wildman–Crippen MR) is 70.9 cm³/mol. The summed E-state index contributed by atoms with van der Waals surface area (Å²) in [5, 5.41) is 3.93. The minimum absolute atomic E-state index is 0.534. The van der Waals surface area contributed by atoms with Crippen molar-refractivity contribution in [3.8, 4) is 0 Å². The molecule has 0 aliphatic heterocycles. The molecule has 2 aromatic rings. The zero-order valence-electron chi connectivity index (χ0n) is 9.44. The van der Waals surface area contributed by atoms with Gasteiger partial charge in [-0.05, 0) is 23.8 Å². The Morgan fingerprint density at radius 1 is 1.41 bits per heavy atom. The molecular formula is C12H13ClN2OS. The fourth-order valence-corrected chi connectivity index (χ4v) is 2.12. The molecule has 0 bridgehead atoms. The molecule has 2 rings (SSSR count). The van der Waals surface area contributed by atoms with Crippen LogP contribution in [-0.2, 0) is 17.9 Å². The first-order valence-corrected chi connectivity index (χ1v) is 6.00. The maximum absolute atomic E-state index is 5.94. The van der Waals surface area contributed by atoms with E-state index in [1.54, 1.807) is 7.11 Å². The highest BCUT2D eigenvalue weighted by molar-refractivity contribution is 7.71. The molecule has 17 heavy (non-hydrogen) atoms. The molecule has 0 aliphatic carbocycles. The van der Waals surface area contributed by atoms with Crippen LogP contribution in [0.5, 0.6) is 0 Å². The molecule has 0 amide bonds. The second-order valence-electron chi connectivity index (χ2n) is 3.77. The summed E-state index contributed by atoms with van der Waals surface area (Å²) in [5.74, 6) is 0. The molecule has 0 atom stereocenters. The molecule has 1 aromatic heterocycles. The molecular weight excluding hydrogens is 256 g/mol. The fourth-order valence-electron chi connectivity index (χ4n) is 1.65. The number of nitrogens with one attached hydrogen (secondary N) is 1. The third-order valence-corrected chi connectivity index (χ3v) is 2.95. The van der Waals surface area contributed by atoms with E-state index < -0.39 is 0 Å². The second-order valence-corrected chi connectivity index (χ2v) is 4.62. The highest BCUT2D eigenvalue weighted by Gasteiger charge is 2.01. The highest BCUT2D eigenvalue weighted by atomic mass is 35.5. The molecule has 1 aromatic carbocycles. The number of ether oxygens (including phenoxy) is 1. The van der Waals surface area contributed by atoms with Crippen molar-refractivity contribution in [2.45, 2.75) is 13.2 Å². The standard InChI is InChI=1S/C12H13ClN2OS/c1-16-8-11-6-12(17)15(14-11)7-9-3-2-4-10(13)5-9/h2-6,14H,7-8H2,1H3. The van der Waals surface area contributed by atoms with Crippen molar-refractivity contribution in [3.63, 3.8) is 0 Å². The number of benzene rings is 1. The zero-order chi connectivity index (χ0) is 12.3. The average Bonchev–Trinajstić information content (AvgIpc) is 2.60. The first-order chi connectivity index (χ1) is 8.19. The summed E-state index contributed by atoms with van der Waals surface area (Å²) < 4.78 is 7.71. The largest absolute Gasteiger partial charge is 0.378 e. The predicted octanol–water partition coefficient (Wildman–Crippen LogP) is 3.39. The van der Waals surface area contributed by atoms with E-state index >= 15 is 0 Å². The Labute approximate surface area is 110 Å². The van der Waals surface area contributed by atoms with Gasteiger partial charge < -0.3 is 4.74 Å². The number of hydrogen-bond acceptors (Lipinski definition) is 2. The van der Waals surface area contributed by atoms with E-state index in [4.69, 9.17) is 28.6 Å². The summed E-state index contributed by atoms with van der Waals surface area (Å²) in [6, 6.07) is 9.64. The quantitative estimate of drug-likeness (QED) is 0.862. The van der Waals surface area contributed by atoms with Gasteiger partial charge in [0, 0.05) is 12.1 Å². The van der Waals surface area contributed by atoms with Gasteiger partial charge in [-0.2, -0.15) is 0 Å². The van der Waals surface area contributed by atoms with Gasteiger partial charge in [0.2, 0.25) is 0 Å². The van der Waals surface area contributed by atoms with Gasteiger partial charge in [0.1, 0.15) is 4.64 Å². The Kier molecular flexibility index (Phi) is 3.99. The summed E-state index contributed by atoms with van der Waals surface area (Å²) in [6.07, 6.45) is 0. The lowest BCUT2D eigenvalue weighted by Gasteiger charge is -2.04. The van der Waals surface area contributed by atoms with Crippen LogP contribution in [-0.4, -0.2) is 16.9 Å². The Hall–Kier alpha value is -1.10. The van der Waals surface area contributed by atoms with Crippen molar-refractivity contribution in [1.82, 2.24) is 9.78 Å². The van der Waals surface area contributed by atoms with Crippen molar-refractivity contribution in [2.24, 2.45) is 0 Å². The smallest absolute Gasteiger partial charge is 0.122 e. The van der Waals surface area contributed by atoms with E-state index in [1.165, 1.54) is 0 Å². The third-order valence-electron chi connectivity index (χ3n) is 2.37. The Morgan fingerprint density at radius 2 is 2.24 bits per heavy atom. The molecule has 5 heteroatoms. The topological polar surface area (TPSA) is 29.9 Å². The van der Waals surface area contributed by atoms with Crippen LogP contribution in [0.4, 0.5) is 0 Å². The van der Waals surface area contributed by atoms with Gasteiger partial charge in [-0.25, -0.2) is 0 Å². The number of aromatic nitrogens is 2. The van der Waals surface area contributed by atoms with Crippen molar-refractivity contribution < 1.29 is 4.74 Å². The van der Waals surface area contributed by atoms with Crippen LogP contribution in [0.2, 0.25) is 5.02 Å². The number of H-pyrrole nitrogens is 1. The van der Waals surface area contributed by atoms with E-state index in [2.05, 4.69) is 5.10 Å². The first-order valence-electron chi connectivity index (χ1n) is 5.21. The van der Waals surface area contributed by atoms with Gasteiger partial charge in [0.15, 0.2) is 0 Å². The molecule has 3 nitrogen and oxygen atoms in total. The van der Waals surface area contributed by atoms with Crippen LogP contribution in [0.3, 0.4) is 0 Å². The minimum atomic E-state index is 0.534. The van der Waals surface area contributed by atoms with Crippen LogP contribution >= 0.6 is 23.8 Å². The van der Waals surface area contributed by atoms with Crippen LogP contribution in [0.1, 0.15) is 11.3 Å². The summed E-state index contributed by atoms with van der Waals surface area (Å²) in [5.41, 5.74) is 2.08. The number of methoxy groups -OCH3 is 1. The number of hydrogen-bond donors (Lipinski definition) is 1. The summed E-state index contributed by atoms with van der Waals surface area (Å²) in [4.78, 5) is 0. The number of rotatable bonds is 4. The van der Waals surface area contributed by atoms with Crippen LogP contribution in [0, 0.1) is 4.64 Å². The normalized spacial score (nSPS) is 10.7. The van der Waals surface area contributed by atoms with Crippen LogP contribution < -0.4 is 0 Å². The van der Waals surface area contributed by atoms with Gasteiger partial charge in [-0.1, -0.05) is 36.0 Å². The van der Waals surface area contributed by atoms with Crippen LogP contribution in [0.25, 0.3) is 0 Å². The van der Waals surface area contributed by atoms with Gasteiger partial charge in [0.05, 0.1) is 18.8 Å². The average molecular weight is 269 g/mol. The van der Waals surface area contributed by atoms with Crippen molar-refractivity contribution >= 4 is 23.8 Å². The van der Waals surface area contributed by atoms with Gasteiger partial charge in [-0.3, -0.25) is 9.78 Å². The van der Waals surface area contributed by atoms with E-state index in [-0.39, 0.29) is 0 Å². The maximum atomic E-state index is 5.94. The van der Waals surface area contributed by atoms with Crippen LogP contribution in [0.15, 0.2) is 30.3 Å². The molecule has 90 valence electrons. The van der Waals surface area contributed by atoms with Crippen molar-refractivity contribution in [2.75, 3.05) is 7.11 Å². The van der Waals surface area contributed by atoms with Crippen molar-refractivity contribution in [3.05, 3.63) is 51.3 Å². The van der Waals surface area contributed by atoms with Crippen molar-refractivity contribution in [1.29, 1.82) is 0 Å². The Morgan fingerprint density at radius 3 is 2.94 bits per heavy atom. The second kappa shape index (κ2) is 5.49.